The quantitative estimate of drug-likeness (QED) is 0.827. The second-order valence-corrected chi connectivity index (χ2v) is 7.31. The summed E-state index contributed by atoms with van der Waals surface area (Å²) in [6.07, 6.45) is 2.96. The van der Waals surface area contributed by atoms with E-state index >= 15 is 0 Å². The Morgan fingerprint density at radius 2 is 1.92 bits per heavy atom. The number of nitrogens with one attached hydrogen (secondary N) is 1. The van der Waals surface area contributed by atoms with E-state index in [4.69, 9.17) is 14.2 Å². The van der Waals surface area contributed by atoms with Crippen LogP contribution in [-0.4, -0.2) is 26.4 Å². The molecule has 0 spiro atoms. The van der Waals surface area contributed by atoms with Crippen LogP contribution in [0.2, 0.25) is 0 Å². The Morgan fingerprint density at radius 1 is 1.20 bits per heavy atom. The molecule has 140 valence electrons. The lowest BCUT2D eigenvalue weighted by Crippen LogP contribution is -2.38. The smallest absolute Gasteiger partial charge is 0.407 e. The molecule has 1 saturated carbocycles. The summed E-state index contributed by atoms with van der Waals surface area (Å²) >= 11 is 0. The van der Waals surface area contributed by atoms with Crippen molar-refractivity contribution < 1.29 is 19.0 Å². The van der Waals surface area contributed by atoms with E-state index in [2.05, 4.69) is 26.1 Å². The van der Waals surface area contributed by atoms with E-state index in [9.17, 15) is 4.79 Å². The number of hydrogen-bond donors (Lipinski definition) is 1. The van der Waals surface area contributed by atoms with Crippen LogP contribution >= 0.6 is 0 Å². The molecule has 0 radical (unpaired) electrons. The van der Waals surface area contributed by atoms with Gasteiger partial charge in [0.15, 0.2) is 11.5 Å². The van der Waals surface area contributed by atoms with Gasteiger partial charge in [-0.05, 0) is 48.3 Å². The van der Waals surface area contributed by atoms with Crippen LogP contribution in [0.1, 0.15) is 45.6 Å². The Kier molecular flexibility index (Phi) is 6.97. The van der Waals surface area contributed by atoms with Crippen molar-refractivity contribution >= 4 is 6.09 Å². The first kappa shape index (κ1) is 19.4. The zero-order valence-electron chi connectivity index (χ0n) is 16.0. The van der Waals surface area contributed by atoms with E-state index < -0.39 is 0 Å². The van der Waals surface area contributed by atoms with Gasteiger partial charge in [0.05, 0.1) is 14.2 Å². The Labute approximate surface area is 151 Å². The zero-order valence-corrected chi connectivity index (χ0v) is 16.0. The summed E-state index contributed by atoms with van der Waals surface area (Å²) in [5.74, 6) is 2.90. The maximum atomic E-state index is 12.2. The van der Waals surface area contributed by atoms with E-state index in [1.807, 2.05) is 18.2 Å². The third-order valence-corrected chi connectivity index (χ3v) is 5.10. The first-order valence-corrected chi connectivity index (χ1v) is 9.10. The highest BCUT2D eigenvalue weighted by molar-refractivity contribution is 5.67. The summed E-state index contributed by atoms with van der Waals surface area (Å²) in [6, 6.07) is 5.60. The average Bonchev–Trinajstić information content (AvgIpc) is 2.59. The van der Waals surface area contributed by atoms with Crippen LogP contribution in [0.5, 0.6) is 11.5 Å². The fraction of sp³-hybridized carbons (Fsp3) is 0.650. The van der Waals surface area contributed by atoms with Crippen molar-refractivity contribution in [1.82, 2.24) is 5.32 Å². The van der Waals surface area contributed by atoms with Gasteiger partial charge in [-0.1, -0.05) is 33.3 Å². The van der Waals surface area contributed by atoms with Crippen molar-refractivity contribution in [3.05, 3.63) is 23.8 Å². The molecule has 1 fully saturated rings. The lowest BCUT2D eigenvalue weighted by atomic mass is 9.75. The molecule has 0 aromatic heterocycles. The minimum Gasteiger partial charge on any atom is -0.493 e. The van der Waals surface area contributed by atoms with Gasteiger partial charge >= 0.3 is 6.09 Å². The molecule has 25 heavy (non-hydrogen) atoms. The Hall–Kier alpha value is -1.91. The van der Waals surface area contributed by atoms with Gasteiger partial charge in [0.25, 0.3) is 0 Å². The summed E-state index contributed by atoms with van der Waals surface area (Å²) in [5.41, 5.74) is 0.937. The maximum Gasteiger partial charge on any atom is 0.407 e. The lowest BCUT2D eigenvalue weighted by molar-refractivity contribution is 0.00601. The molecule has 1 aliphatic rings. The van der Waals surface area contributed by atoms with Gasteiger partial charge in [0.1, 0.15) is 6.10 Å². The number of carbonyl (C=O) groups excluding carboxylic acids is 1. The fourth-order valence-electron chi connectivity index (χ4n) is 3.59. The molecule has 0 aliphatic heterocycles. The first-order valence-electron chi connectivity index (χ1n) is 9.10. The fourth-order valence-corrected chi connectivity index (χ4v) is 3.59. The minimum absolute atomic E-state index is 0.00848. The molecular weight excluding hydrogens is 318 g/mol. The number of benzene rings is 1. The van der Waals surface area contributed by atoms with Crippen molar-refractivity contribution in [1.29, 1.82) is 0 Å². The van der Waals surface area contributed by atoms with Gasteiger partial charge in [0.2, 0.25) is 0 Å². The van der Waals surface area contributed by atoms with Crippen LogP contribution in [-0.2, 0) is 11.3 Å². The van der Waals surface area contributed by atoms with Crippen molar-refractivity contribution in [3.8, 4) is 11.5 Å². The van der Waals surface area contributed by atoms with Crippen molar-refractivity contribution in [2.75, 3.05) is 14.2 Å². The van der Waals surface area contributed by atoms with Crippen LogP contribution < -0.4 is 14.8 Å². The molecule has 3 atom stereocenters. The van der Waals surface area contributed by atoms with E-state index in [0.717, 1.165) is 18.4 Å². The lowest BCUT2D eigenvalue weighted by Gasteiger charge is -2.36. The predicted molar refractivity (Wildman–Crippen MR) is 98.0 cm³/mol. The molecule has 5 nitrogen and oxygen atoms in total. The van der Waals surface area contributed by atoms with Crippen molar-refractivity contribution in [2.24, 2.45) is 17.8 Å². The number of hydrogen-bond acceptors (Lipinski definition) is 4. The zero-order chi connectivity index (χ0) is 18.4. The minimum atomic E-state index is -0.348. The predicted octanol–water partition coefficient (Wildman–Crippen LogP) is 4.39. The molecule has 0 heterocycles. The van der Waals surface area contributed by atoms with Gasteiger partial charge in [-0.2, -0.15) is 0 Å². The molecule has 1 N–H and O–H groups in total. The van der Waals surface area contributed by atoms with Crippen LogP contribution in [0.4, 0.5) is 4.79 Å². The molecule has 2 rings (SSSR count). The summed E-state index contributed by atoms with van der Waals surface area (Å²) in [7, 11) is 3.20. The number of carbonyl (C=O) groups is 1. The summed E-state index contributed by atoms with van der Waals surface area (Å²) in [5, 5.41) is 2.85. The molecule has 1 amide bonds. The van der Waals surface area contributed by atoms with E-state index in [1.165, 1.54) is 6.42 Å². The standard InChI is InChI=1S/C20H31NO4/c1-13(2)16-8-6-14(3)10-18(16)25-20(22)21-12-15-7-9-17(23-4)19(11-15)24-5/h7,9,11,13-14,16,18H,6,8,10,12H2,1-5H3,(H,21,22)/t14-,16+,18-/m1/s1. The summed E-state index contributed by atoms with van der Waals surface area (Å²) in [6.45, 7) is 7.04. The van der Waals surface area contributed by atoms with E-state index in [1.54, 1.807) is 14.2 Å². The van der Waals surface area contributed by atoms with E-state index in [0.29, 0.717) is 35.8 Å². The highest BCUT2D eigenvalue weighted by atomic mass is 16.6. The topological polar surface area (TPSA) is 56.8 Å². The van der Waals surface area contributed by atoms with Crippen LogP contribution in [0.25, 0.3) is 0 Å². The average molecular weight is 349 g/mol. The SMILES string of the molecule is COc1ccc(CNC(=O)O[C@@H]2C[C@H](C)CC[C@H]2C(C)C)cc1OC. The second-order valence-electron chi connectivity index (χ2n) is 7.31. The molecule has 5 heteroatoms. The number of methoxy groups -OCH3 is 2. The highest BCUT2D eigenvalue weighted by Gasteiger charge is 2.33. The van der Waals surface area contributed by atoms with Crippen LogP contribution in [0, 0.1) is 17.8 Å². The van der Waals surface area contributed by atoms with Gasteiger partial charge < -0.3 is 19.5 Å². The van der Waals surface area contributed by atoms with Gasteiger partial charge in [0, 0.05) is 6.54 Å². The largest absolute Gasteiger partial charge is 0.493 e. The highest BCUT2D eigenvalue weighted by Crippen LogP contribution is 2.35. The third kappa shape index (κ3) is 5.28. The molecular formula is C20H31NO4. The third-order valence-electron chi connectivity index (χ3n) is 5.10. The van der Waals surface area contributed by atoms with E-state index in [-0.39, 0.29) is 12.2 Å². The molecule has 1 aliphatic carbocycles. The maximum absolute atomic E-state index is 12.2. The molecule has 0 saturated heterocycles. The molecule has 1 aromatic rings. The molecule has 0 unspecified atom stereocenters. The monoisotopic (exact) mass is 349 g/mol. The van der Waals surface area contributed by atoms with Crippen molar-refractivity contribution in [3.63, 3.8) is 0 Å². The van der Waals surface area contributed by atoms with Gasteiger partial charge in [-0.25, -0.2) is 4.79 Å². The van der Waals surface area contributed by atoms with Crippen LogP contribution in [0.15, 0.2) is 18.2 Å². The Balaban J connectivity index is 1.91. The first-order chi connectivity index (χ1) is 11.9. The Morgan fingerprint density at radius 3 is 2.56 bits per heavy atom. The summed E-state index contributed by atoms with van der Waals surface area (Å²) in [4.78, 5) is 12.2. The van der Waals surface area contributed by atoms with Crippen molar-refractivity contribution in [2.45, 2.75) is 52.7 Å². The second kappa shape index (κ2) is 8.97. The number of amides is 1. The van der Waals surface area contributed by atoms with Gasteiger partial charge in [-0.15, -0.1) is 0 Å². The summed E-state index contributed by atoms with van der Waals surface area (Å²) < 4.78 is 16.3. The van der Waals surface area contributed by atoms with Crippen LogP contribution in [0.3, 0.4) is 0 Å². The molecule has 1 aromatic carbocycles. The molecule has 0 bridgehead atoms. The number of alkyl carbamates (subject to hydrolysis) is 1. The van der Waals surface area contributed by atoms with Gasteiger partial charge in [-0.3, -0.25) is 0 Å². The Bertz CT molecular complexity index is 573. The normalized spacial score (nSPS) is 23.2. The number of ether oxygens (including phenoxy) is 3. The number of rotatable bonds is 6.